The summed E-state index contributed by atoms with van der Waals surface area (Å²) in [5.74, 6) is -0.221. The topological polar surface area (TPSA) is 346 Å². The van der Waals surface area contributed by atoms with E-state index in [9.17, 15) is 66.4 Å². The van der Waals surface area contributed by atoms with Gasteiger partial charge in [0.2, 0.25) is 0 Å². The number of hydrogen-bond acceptors (Lipinski definition) is 22. The van der Waals surface area contributed by atoms with Gasteiger partial charge in [0.1, 0.15) is 78.8 Å². The summed E-state index contributed by atoms with van der Waals surface area (Å²) in [5, 5.41) is 138. The molecule has 5 heterocycles. The van der Waals surface area contributed by atoms with Crippen LogP contribution >= 0.6 is 0 Å². The van der Waals surface area contributed by atoms with E-state index in [0.29, 0.717) is 43.4 Å². The van der Waals surface area contributed by atoms with E-state index in [0.717, 1.165) is 32.1 Å². The highest BCUT2D eigenvalue weighted by Gasteiger charge is 2.68. The van der Waals surface area contributed by atoms with Gasteiger partial charge < -0.3 is 109 Å². The van der Waals surface area contributed by atoms with Gasteiger partial charge in [0, 0.05) is 12.3 Å². The molecule has 3 saturated carbocycles. The Morgan fingerprint density at radius 3 is 2.10 bits per heavy atom. The molecule has 414 valence electrons. The van der Waals surface area contributed by atoms with Crippen LogP contribution in [0.1, 0.15) is 92.4 Å². The summed E-state index contributed by atoms with van der Waals surface area (Å²) in [6.07, 6.45) is -16.3. The lowest BCUT2D eigenvalue weighted by Gasteiger charge is -2.58. The molecule has 0 radical (unpaired) electrons. The van der Waals surface area contributed by atoms with Crippen LogP contribution in [0.25, 0.3) is 0 Å². The van der Waals surface area contributed by atoms with Crippen LogP contribution in [-0.2, 0) is 42.6 Å². The predicted octanol–water partition coefficient (Wildman–Crippen LogP) is -2.37. The van der Waals surface area contributed by atoms with Crippen molar-refractivity contribution in [1.82, 2.24) is 0 Å². The fourth-order valence-corrected chi connectivity index (χ4v) is 14.7. The number of fused-ring (bicyclic) bond motifs is 7. The van der Waals surface area contributed by atoms with Crippen LogP contribution in [0.15, 0.2) is 11.6 Å². The molecule has 72 heavy (non-hydrogen) atoms. The molecule has 9 rings (SSSR count). The molecular formula is C50H82O22. The van der Waals surface area contributed by atoms with Gasteiger partial charge >= 0.3 is 0 Å². The lowest BCUT2D eigenvalue weighted by molar-refractivity contribution is -0.375. The van der Waals surface area contributed by atoms with Crippen molar-refractivity contribution in [2.24, 2.45) is 46.3 Å². The first kappa shape index (κ1) is 55.6. The Hall–Kier alpha value is -1.14. The molecule has 4 aliphatic carbocycles. The first-order chi connectivity index (χ1) is 34.0. The maximum atomic E-state index is 12.1. The molecule has 22 nitrogen and oxygen atoms in total. The van der Waals surface area contributed by atoms with Crippen LogP contribution in [0.5, 0.6) is 0 Å². The van der Waals surface area contributed by atoms with Crippen LogP contribution < -0.4 is 0 Å². The van der Waals surface area contributed by atoms with E-state index in [2.05, 4.69) is 26.8 Å². The molecule has 0 amide bonds. The van der Waals surface area contributed by atoms with Crippen molar-refractivity contribution in [3.8, 4) is 0 Å². The fourth-order valence-electron chi connectivity index (χ4n) is 14.7. The van der Waals surface area contributed by atoms with Crippen LogP contribution in [0.4, 0.5) is 0 Å². The van der Waals surface area contributed by atoms with E-state index >= 15 is 0 Å². The molecule has 5 aliphatic heterocycles. The normalized spacial score (nSPS) is 54.9. The smallest absolute Gasteiger partial charge is 0.187 e. The van der Waals surface area contributed by atoms with Crippen molar-refractivity contribution >= 4 is 0 Å². The summed E-state index contributed by atoms with van der Waals surface area (Å²) < 4.78 is 54.2. The second-order valence-corrected chi connectivity index (χ2v) is 23.5. The van der Waals surface area contributed by atoms with E-state index in [1.165, 1.54) is 12.5 Å². The van der Waals surface area contributed by atoms with Gasteiger partial charge in [-0.3, -0.25) is 0 Å². The molecule has 29 atom stereocenters. The maximum Gasteiger partial charge on any atom is 0.187 e. The maximum absolute atomic E-state index is 12.1. The highest BCUT2D eigenvalue weighted by molar-refractivity contribution is 5.26. The van der Waals surface area contributed by atoms with E-state index in [1.54, 1.807) is 0 Å². The summed E-state index contributed by atoms with van der Waals surface area (Å²) in [5.41, 5.74) is -0.981. The molecule has 0 aromatic heterocycles. The summed E-state index contributed by atoms with van der Waals surface area (Å²) >= 11 is 0. The van der Waals surface area contributed by atoms with E-state index in [1.807, 2.05) is 6.92 Å². The monoisotopic (exact) mass is 1030 g/mol. The average Bonchev–Trinajstić information content (AvgIpc) is 3.92. The van der Waals surface area contributed by atoms with Crippen LogP contribution in [0, 0.1) is 46.3 Å². The first-order valence-corrected chi connectivity index (χ1v) is 26.3. The molecule has 0 spiro atoms. The van der Waals surface area contributed by atoms with Crippen molar-refractivity contribution in [3.63, 3.8) is 0 Å². The first-order valence-electron chi connectivity index (χ1n) is 26.3. The third kappa shape index (κ3) is 9.69. The van der Waals surface area contributed by atoms with Gasteiger partial charge in [-0.2, -0.15) is 0 Å². The third-order valence-electron chi connectivity index (χ3n) is 19.2. The molecule has 7 unspecified atom stereocenters. The summed E-state index contributed by atoms with van der Waals surface area (Å²) in [6.45, 7) is 7.87. The lowest BCUT2D eigenvalue weighted by Crippen LogP contribution is -2.65. The molecule has 0 aromatic rings. The number of hydrogen-bond donors (Lipinski definition) is 13. The van der Waals surface area contributed by atoms with E-state index < -0.39 is 148 Å². The number of aliphatic hydroxyl groups is 13. The Labute approximate surface area is 419 Å². The van der Waals surface area contributed by atoms with E-state index in [4.69, 9.17) is 42.6 Å². The SMILES string of the molecule is CC1C2C(CC3C4CC=C5C[C@@H](O[C@@H]6O[C@H](CO)[C@@H](O[C@@H]7O[C@@H](C)[C@H](O)[C@@H](O)[C@H]7O)[C@H](O)[C@H]6O[C@@H]6OC[C@](O)(CO)[C@H]6O)CC[C@]5(C)C4CC[C@@]32C)OC1(O)CC[C@@H](C)CO[C@@H]1O[C@H](CO)[C@@H](O)[C@H](O)[C@H]1O. The van der Waals surface area contributed by atoms with Gasteiger partial charge in [0.15, 0.2) is 30.9 Å². The Kier molecular flexibility index (Phi) is 16.4. The Morgan fingerprint density at radius 1 is 0.722 bits per heavy atom. The highest BCUT2D eigenvalue weighted by Crippen LogP contribution is 2.70. The second kappa shape index (κ2) is 21.2. The summed E-state index contributed by atoms with van der Waals surface area (Å²) in [6, 6.07) is 0. The van der Waals surface area contributed by atoms with Gasteiger partial charge in [-0.05, 0) is 98.7 Å². The van der Waals surface area contributed by atoms with Crippen LogP contribution in [0.2, 0.25) is 0 Å². The number of rotatable bonds is 15. The summed E-state index contributed by atoms with van der Waals surface area (Å²) in [7, 11) is 0. The number of aliphatic hydroxyl groups excluding tert-OH is 11. The molecule has 9 aliphatic rings. The molecular weight excluding hydrogens is 953 g/mol. The highest BCUT2D eigenvalue weighted by atomic mass is 16.8. The standard InChI is InChI=1S/C50H82O22/c1-21(18-64-43-37(58)36(57)34(55)30(16-51)68-43)8-13-50(63)22(2)32-29(72-50)15-28-26-7-6-24-14-25(9-11-47(24,4)27(26)10-12-48(28,32)5)67-45-41(71-46-42(61)49(62,19-53)20-65-46)39(60)40(31(17-52)69-45)70-44-38(59)35(56)33(54)23(3)66-44/h6,21-23,25-46,51-63H,7-20H2,1-5H3/t21-,22?,23+,25+,26?,27?,28?,29?,30-,31-,32?,33+,34-,35-,36+,37-,38-,39+,40-,41-,42+,43-,44+,45-,46+,47+,48+,49-,50?/m1/s1. The zero-order valence-electron chi connectivity index (χ0n) is 41.9. The molecule has 22 heteroatoms. The quantitative estimate of drug-likeness (QED) is 0.0763. The Balaban J connectivity index is 0.841. The second-order valence-electron chi connectivity index (χ2n) is 23.5. The van der Waals surface area contributed by atoms with Crippen LogP contribution in [-0.4, -0.2) is 228 Å². The van der Waals surface area contributed by atoms with Crippen molar-refractivity contribution in [3.05, 3.63) is 11.6 Å². The van der Waals surface area contributed by atoms with Gasteiger partial charge in [-0.15, -0.1) is 0 Å². The molecule has 8 fully saturated rings. The molecule has 0 aromatic carbocycles. The zero-order chi connectivity index (χ0) is 52.0. The average molecular weight is 1040 g/mol. The van der Waals surface area contributed by atoms with E-state index in [-0.39, 0.29) is 41.3 Å². The molecule has 5 saturated heterocycles. The minimum atomic E-state index is -2.05. The largest absolute Gasteiger partial charge is 0.394 e. The van der Waals surface area contributed by atoms with Crippen molar-refractivity contribution < 1.29 is 109 Å². The molecule has 13 N–H and O–H groups in total. The Bertz CT molecular complexity index is 1880. The zero-order valence-corrected chi connectivity index (χ0v) is 41.9. The minimum Gasteiger partial charge on any atom is -0.394 e. The van der Waals surface area contributed by atoms with Crippen molar-refractivity contribution in [1.29, 1.82) is 0 Å². The van der Waals surface area contributed by atoms with Gasteiger partial charge in [0.05, 0.1) is 51.3 Å². The Morgan fingerprint density at radius 2 is 1.40 bits per heavy atom. The minimum absolute atomic E-state index is 0.0570. The number of ether oxygens (including phenoxy) is 9. The fraction of sp³-hybridized carbons (Fsp3) is 0.960. The lowest BCUT2D eigenvalue weighted by atomic mass is 9.47. The van der Waals surface area contributed by atoms with Crippen LogP contribution in [0.3, 0.4) is 0 Å². The van der Waals surface area contributed by atoms with Crippen molar-refractivity contribution in [2.45, 2.75) is 221 Å². The number of allylic oxidation sites excluding steroid dienone is 1. The molecule has 0 bridgehead atoms. The third-order valence-corrected chi connectivity index (χ3v) is 19.2. The summed E-state index contributed by atoms with van der Waals surface area (Å²) in [4.78, 5) is 0. The van der Waals surface area contributed by atoms with Gasteiger partial charge in [-0.1, -0.05) is 39.3 Å². The van der Waals surface area contributed by atoms with Crippen molar-refractivity contribution in [2.75, 3.05) is 33.0 Å². The van der Waals surface area contributed by atoms with Gasteiger partial charge in [0.25, 0.3) is 0 Å². The van der Waals surface area contributed by atoms with Gasteiger partial charge in [-0.25, -0.2) is 0 Å². The predicted molar refractivity (Wildman–Crippen MR) is 244 cm³/mol.